The maximum absolute atomic E-state index is 10.6. The van der Waals surface area contributed by atoms with Crippen molar-refractivity contribution in [2.45, 2.75) is 20.0 Å². The van der Waals surface area contributed by atoms with Crippen LogP contribution in [0.1, 0.15) is 13.8 Å². The highest BCUT2D eigenvalue weighted by Crippen LogP contribution is 1.84. The Balaban J connectivity index is 3.08. The summed E-state index contributed by atoms with van der Waals surface area (Å²) in [6, 6.07) is 0. The molecule has 0 atom stereocenters. The molecular formula is C7H16N2O2. The van der Waals surface area contributed by atoms with E-state index in [0.29, 0.717) is 13.2 Å². The van der Waals surface area contributed by atoms with Gasteiger partial charge in [0.15, 0.2) is 0 Å². The summed E-state index contributed by atoms with van der Waals surface area (Å²) in [6.45, 7) is 5.02. The Kier molecular flexibility index (Phi) is 5.78. The molecule has 0 bridgehead atoms. The van der Waals surface area contributed by atoms with Crippen LogP contribution in [0.15, 0.2) is 0 Å². The number of carbonyl (C=O) groups is 1. The first-order chi connectivity index (χ1) is 5.16. The largest absolute Gasteiger partial charge is 0.377 e. The Morgan fingerprint density at radius 2 is 2.27 bits per heavy atom. The third kappa shape index (κ3) is 7.29. The highest BCUT2D eigenvalue weighted by atomic mass is 16.5. The summed E-state index contributed by atoms with van der Waals surface area (Å²) in [5, 5.41) is 2.60. The average molecular weight is 160 g/mol. The molecule has 0 radical (unpaired) electrons. The van der Waals surface area contributed by atoms with Crippen molar-refractivity contribution in [3.8, 4) is 0 Å². The van der Waals surface area contributed by atoms with Crippen molar-refractivity contribution in [2.24, 2.45) is 5.73 Å². The van der Waals surface area contributed by atoms with E-state index < -0.39 is 0 Å². The van der Waals surface area contributed by atoms with Crippen LogP contribution in [0.25, 0.3) is 0 Å². The van der Waals surface area contributed by atoms with Gasteiger partial charge in [0, 0.05) is 6.54 Å². The number of nitrogens with one attached hydrogen (secondary N) is 1. The Morgan fingerprint density at radius 1 is 1.64 bits per heavy atom. The maximum Gasteiger partial charge on any atom is 0.233 e. The molecule has 0 aliphatic rings. The van der Waals surface area contributed by atoms with Crippen molar-refractivity contribution < 1.29 is 9.53 Å². The van der Waals surface area contributed by atoms with E-state index in [1.54, 1.807) is 0 Å². The number of carbonyl (C=O) groups excluding carboxylic acids is 1. The fraction of sp³-hybridized carbons (Fsp3) is 0.857. The zero-order valence-corrected chi connectivity index (χ0v) is 7.09. The van der Waals surface area contributed by atoms with E-state index in [1.165, 1.54) is 0 Å². The molecule has 3 N–H and O–H groups in total. The van der Waals surface area contributed by atoms with Crippen LogP contribution in [-0.4, -0.2) is 31.7 Å². The SMILES string of the molecule is CC(C)OCCNC(=O)CN. The molecule has 0 aromatic heterocycles. The van der Waals surface area contributed by atoms with Crippen molar-refractivity contribution in [1.82, 2.24) is 5.32 Å². The summed E-state index contributed by atoms with van der Waals surface area (Å²) in [4.78, 5) is 10.6. The summed E-state index contributed by atoms with van der Waals surface area (Å²) >= 11 is 0. The fourth-order valence-electron chi connectivity index (χ4n) is 0.557. The van der Waals surface area contributed by atoms with Gasteiger partial charge in [-0.25, -0.2) is 0 Å². The lowest BCUT2D eigenvalue weighted by Crippen LogP contribution is -2.33. The second-order valence-electron chi connectivity index (χ2n) is 2.47. The molecule has 0 heterocycles. The van der Waals surface area contributed by atoms with Gasteiger partial charge in [-0.15, -0.1) is 0 Å². The lowest BCUT2D eigenvalue weighted by Gasteiger charge is -2.07. The molecule has 0 spiro atoms. The molecule has 11 heavy (non-hydrogen) atoms. The van der Waals surface area contributed by atoms with Crippen LogP contribution in [0.3, 0.4) is 0 Å². The van der Waals surface area contributed by atoms with Crippen LogP contribution < -0.4 is 11.1 Å². The van der Waals surface area contributed by atoms with Crippen LogP contribution in [0.2, 0.25) is 0 Å². The summed E-state index contributed by atoms with van der Waals surface area (Å²) in [5.41, 5.74) is 5.06. The summed E-state index contributed by atoms with van der Waals surface area (Å²) in [5.74, 6) is -0.141. The zero-order valence-electron chi connectivity index (χ0n) is 7.09. The molecule has 0 saturated carbocycles. The Bertz CT molecular complexity index is 115. The Morgan fingerprint density at radius 3 is 2.73 bits per heavy atom. The third-order valence-corrected chi connectivity index (χ3v) is 1.06. The smallest absolute Gasteiger partial charge is 0.233 e. The van der Waals surface area contributed by atoms with E-state index in [2.05, 4.69) is 5.32 Å². The van der Waals surface area contributed by atoms with Gasteiger partial charge in [-0.2, -0.15) is 0 Å². The summed E-state index contributed by atoms with van der Waals surface area (Å²) in [6.07, 6.45) is 0.213. The predicted octanol–water partition coefficient (Wildman–Crippen LogP) is -0.514. The quantitative estimate of drug-likeness (QED) is 0.532. The number of hydrogen-bond acceptors (Lipinski definition) is 3. The molecule has 4 nitrogen and oxygen atoms in total. The highest BCUT2D eigenvalue weighted by Gasteiger charge is 1.96. The molecule has 66 valence electrons. The van der Waals surface area contributed by atoms with E-state index in [-0.39, 0.29) is 18.6 Å². The number of rotatable bonds is 5. The van der Waals surface area contributed by atoms with Crippen molar-refractivity contribution in [3.05, 3.63) is 0 Å². The summed E-state index contributed by atoms with van der Waals surface area (Å²) in [7, 11) is 0. The molecule has 0 unspecified atom stereocenters. The van der Waals surface area contributed by atoms with Gasteiger partial charge in [-0.05, 0) is 13.8 Å². The molecule has 4 heteroatoms. The Labute approximate surface area is 67.1 Å². The fourth-order valence-corrected chi connectivity index (χ4v) is 0.557. The average Bonchev–Trinajstić information content (AvgIpc) is 1.97. The highest BCUT2D eigenvalue weighted by molar-refractivity contribution is 5.77. The minimum Gasteiger partial charge on any atom is -0.377 e. The molecule has 0 aromatic carbocycles. The van der Waals surface area contributed by atoms with Crippen LogP contribution in [0, 0.1) is 0 Å². The van der Waals surface area contributed by atoms with Crippen LogP contribution in [0.4, 0.5) is 0 Å². The number of amides is 1. The Hall–Kier alpha value is -0.610. The first-order valence-electron chi connectivity index (χ1n) is 3.75. The lowest BCUT2D eigenvalue weighted by atomic mass is 10.5. The first kappa shape index (κ1) is 10.4. The normalized spacial score (nSPS) is 10.2. The van der Waals surface area contributed by atoms with Gasteiger partial charge in [0.25, 0.3) is 0 Å². The van der Waals surface area contributed by atoms with E-state index in [9.17, 15) is 4.79 Å². The lowest BCUT2D eigenvalue weighted by molar-refractivity contribution is -0.120. The monoisotopic (exact) mass is 160 g/mol. The van der Waals surface area contributed by atoms with Crippen molar-refractivity contribution in [3.63, 3.8) is 0 Å². The van der Waals surface area contributed by atoms with Crippen LogP contribution in [0.5, 0.6) is 0 Å². The minimum atomic E-state index is -0.141. The third-order valence-electron chi connectivity index (χ3n) is 1.06. The van der Waals surface area contributed by atoms with Crippen LogP contribution in [-0.2, 0) is 9.53 Å². The van der Waals surface area contributed by atoms with E-state index in [4.69, 9.17) is 10.5 Å². The van der Waals surface area contributed by atoms with Crippen molar-refractivity contribution in [2.75, 3.05) is 19.7 Å². The number of hydrogen-bond donors (Lipinski definition) is 2. The van der Waals surface area contributed by atoms with Gasteiger partial charge in [0.05, 0.1) is 19.3 Å². The molecule has 0 aliphatic carbocycles. The van der Waals surface area contributed by atoms with Gasteiger partial charge in [-0.1, -0.05) is 0 Å². The standard InChI is InChI=1S/C7H16N2O2/c1-6(2)11-4-3-9-7(10)5-8/h6H,3-5,8H2,1-2H3,(H,9,10). The minimum absolute atomic E-state index is 0.0433. The molecule has 0 aliphatic heterocycles. The molecule has 0 fully saturated rings. The molecule has 0 aromatic rings. The second kappa shape index (κ2) is 6.12. The number of ether oxygens (including phenoxy) is 1. The molecule has 0 saturated heterocycles. The molecule has 1 amide bonds. The van der Waals surface area contributed by atoms with Gasteiger partial charge < -0.3 is 15.8 Å². The summed E-state index contributed by atoms with van der Waals surface area (Å²) < 4.78 is 5.18. The number of nitrogens with two attached hydrogens (primary N) is 1. The van der Waals surface area contributed by atoms with E-state index in [0.717, 1.165) is 0 Å². The van der Waals surface area contributed by atoms with Crippen molar-refractivity contribution >= 4 is 5.91 Å². The van der Waals surface area contributed by atoms with Gasteiger partial charge in [0.1, 0.15) is 0 Å². The zero-order chi connectivity index (χ0) is 8.69. The van der Waals surface area contributed by atoms with Gasteiger partial charge in [-0.3, -0.25) is 4.79 Å². The first-order valence-corrected chi connectivity index (χ1v) is 3.75. The molecule has 0 rings (SSSR count). The maximum atomic E-state index is 10.6. The van der Waals surface area contributed by atoms with Gasteiger partial charge in [0.2, 0.25) is 5.91 Å². The van der Waals surface area contributed by atoms with Crippen molar-refractivity contribution in [1.29, 1.82) is 0 Å². The predicted molar refractivity (Wildman–Crippen MR) is 43.2 cm³/mol. The van der Waals surface area contributed by atoms with Crippen LogP contribution >= 0.6 is 0 Å². The van der Waals surface area contributed by atoms with Gasteiger partial charge >= 0.3 is 0 Å². The molecular weight excluding hydrogens is 144 g/mol. The topological polar surface area (TPSA) is 64.3 Å². The van der Waals surface area contributed by atoms with E-state index in [1.807, 2.05) is 13.8 Å². The second-order valence-corrected chi connectivity index (χ2v) is 2.47. The van der Waals surface area contributed by atoms with E-state index >= 15 is 0 Å².